The number of methoxy groups -OCH3 is 1. The zero-order valence-electron chi connectivity index (χ0n) is 15.4. The fourth-order valence-corrected chi connectivity index (χ4v) is 3.23. The lowest BCUT2D eigenvalue weighted by Crippen LogP contribution is -2.50. The van der Waals surface area contributed by atoms with Gasteiger partial charge in [-0.1, -0.05) is 29.3 Å². The molecule has 7 heteroatoms. The number of piperazine rings is 1. The number of halogens is 1. The van der Waals surface area contributed by atoms with Gasteiger partial charge in [0.15, 0.2) is 0 Å². The summed E-state index contributed by atoms with van der Waals surface area (Å²) in [5.74, 6) is -0.399. The number of anilines is 2. The highest BCUT2D eigenvalue weighted by Crippen LogP contribution is 2.28. The lowest BCUT2D eigenvalue weighted by Gasteiger charge is -2.36. The Morgan fingerprint density at radius 1 is 1.04 bits per heavy atom. The molecule has 0 unspecified atom stereocenters. The number of hydrogen-bond donors (Lipinski definition) is 1. The first kappa shape index (κ1) is 19.0. The highest BCUT2D eigenvalue weighted by Gasteiger charge is 2.23. The van der Waals surface area contributed by atoms with Crippen LogP contribution >= 0.6 is 11.6 Å². The predicted octanol–water partition coefficient (Wildman–Crippen LogP) is 3.79. The second-order valence-electron chi connectivity index (χ2n) is 6.43. The van der Waals surface area contributed by atoms with E-state index in [2.05, 4.69) is 10.2 Å². The van der Waals surface area contributed by atoms with Crippen LogP contribution in [0.2, 0.25) is 5.02 Å². The molecule has 0 spiro atoms. The first-order chi connectivity index (χ1) is 13.0. The molecule has 1 saturated heterocycles. The lowest BCUT2D eigenvalue weighted by atomic mass is 10.1. The van der Waals surface area contributed by atoms with E-state index in [1.165, 1.54) is 7.11 Å². The molecule has 0 aliphatic carbocycles. The van der Waals surface area contributed by atoms with Crippen LogP contribution in [0.1, 0.15) is 15.9 Å². The Labute approximate surface area is 163 Å². The number of rotatable bonds is 3. The summed E-state index contributed by atoms with van der Waals surface area (Å²) < 4.78 is 4.77. The van der Waals surface area contributed by atoms with Gasteiger partial charge in [0.2, 0.25) is 0 Å². The second kappa shape index (κ2) is 8.31. The van der Waals surface area contributed by atoms with Gasteiger partial charge < -0.3 is 19.9 Å². The average Bonchev–Trinajstić information content (AvgIpc) is 2.69. The van der Waals surface area contributed by atoms with Gasteiger partial charge in [-0.05, 0) is 37.3 Å². The second-order valence-corrected chi connectivity index (χ2v) is 6.84. The van der Waals surface area contributed by atoms with E-state index in [0.29, 0.717) is 36.8 Å². The smallest absolute Gasteiger partial charge is 0.337 e. The highest BCUT2D eigenvalue weighted by molar-refractivity contribution is 6.33. The third-order valence-corrected chi connectivity index (χ3v) is 4.90. The summed E-state index contributed by atoms with van der Waals surface area (Å²) in [5, 5.41) is 3.49. The molecular formula is C20H22ClN3O3. The van der Waals surface area contributed by atoms with Gasteiger partial charge in [0.1, 0.15) is 0 Å². The minimum absolute atomic E-state index is 0.118. The SMILES string of the molecule is COC(=O)c1ccc(Cl)c(N2CCN(C(=O)Nc3ccc(C)cc3)CC2)c1. The van der Waals surface area contributed by atoms with Crippen molar-refractivity contribution in [3.05, 3.63) is 58.6 Å². The van der Waals surface area contributed by atoms with Crippen LogP contribution in [0, 0.1) is 6.92 Å². The van der Waals surface area contributed by atoms with E-state index in [-0.39, 0.29) is 6.03 Å². The summed E-state index contributed by atoms with van der Waals surface area (Å²) in [6, 6.07) is 12.7. The van der Waals surface area contributed by atoms with E-state index < -0.39 is 5.97 Å². The predicted molar refractivity (Wildman–Crippen MR) is 107 cm³/mol. The Bertz CT molecular complexity index is 831. The fraction of sp³-hybridized carbons (Fsp3) is 0.300. The monoisotopic (exact) mass is 387 g/mol. The number of carbonyl (C=O) groups excluding carboxylic acids is 2. The molecule has 2 aromatic carbocycles. The van der Waals surface area contributed by atoms with Crippen molar-refractivity contribution in [2.45, 2.75) is 6.92 Å². The molecule has 1 heterocycles. The normalized spacial score (nSPS) is 14.0. The molecule has 3 rings (SSSR count). The number of amides is 2. The number of nitrogens with one attached hydrogen (secondary N) is 1. The molecule has 2 amide bonds. The number of aryl methyl sites for hydroxylation is 1. The quantitative estimate of drug-likeness (QED) is 0.814. The van der Waals surface area contributed by atoms with Gasteiger partial charge in [0, 0.05) is 31.9 Å². The molecule has 2 aromatic rings. The largest absolute Gasteiger partial charge is 0.465 e. The molecule has 1 aliphatic rings. The Morgan fingerprint density at radius 2 is 1.70 bits per heavy atom. The van der Waals surface area contributed by atoms with E-state index >= 15 is 0 Å². The first-order valence-electron chi connectivity index (χ1n) is 8.73. The molecule has 27 heavy (non-hydrogen) atoms. The number of nitrogens with zero attached hydrogens (tertiary/aromatic N) is 2. The number of hydrogen-bond acceptors (Lipinski definition) is 4. The summed E-state index contributed by atoms with van der Waals surface area (Å²) in [6.45, 7) is 4.40. The van der Waals surface area contributed by atoms with E-state index in [9.17, 15) is 9.59 Å². The lowest BCUT2D eigenvalue weighted by molar-refractivity contribution is 0.0600. The molecule has 0 bridgehead atoms. The zero-order valence-corrected chi connectivity index (χ0v) is 16.1. The number of carbonyl (C=O) groups is 2. The Kier molecular flexibility index (Phi) is 5.86. The maximum atomic E-state index is 12.5. The van der Waals surface area contributed by atoms with E-state index in [1.807, 2.05) is 31.2 Å². The number of esters is 1. The van der Waals surface area contributed by atoms with Crippen molar-refractivity contribution in [1.29, 1.82) is 0 Å². The van der Waals surface area contributed by atoms with Gasteiger partial charge in [-0.3, -0.25) is 0 Å². The maximum Gasteiger partial charge on any atom is 0.337 e. The van der Waals surface area contributed by atoms with Crippen molar-refractivity contribution in [1.82, 2.24) is 4.90 Å². The summed E-state index contributed by atoms with van der Waals surface area (Å²) in [7, 11) is 1.35. The summed E-state index contributed by atoms with van der Waals surface area (Å²) >= 11 is 6.31. The van der Waals surface area contributed by atoms with Crippen LogP contribution in [0.25, 0.3) is 0 Å². The van der Waals surface area contributed by atoms with Crippen molar-refractivity contribution >= 4 is 35.0 Å². The number of ether oxygens (including phenoxy) is 1. The van der Waals surface area contributed by atoms with Crippen LogP contribution in [0.15, 0.2) is 42.5 Å². The van der Waals surface area contributed by atoms with Gasteiger partial charge >= 0.3 is 12.0 Å². The van der Waals surface area contributed by atoms with Crippen LogP contribution in [-0.4, -0.2) is 50.2 Å². The average molecular weight is 388 g/mol. The van der Waals surface area contributed by atoms with Gasteiger partial charge in [-0.15, -0.1) is 0 Å². The van der Waals surface area contributed by atoms with Crippen LogP contribution in [0.4, 0.5) is 16.2 Å². The number of benzene rings is 2. The third kappa shape index (κ3) is 4.52. The van der Waals surface area contributed by atoms with Crippen LogP contribution in [0.3, 0.4) is 0 Å². The highest BCUT2D eigenvalue weighted by atomic mass is 35.5. The summed E-state index contributed by atoms with van der Waals surface area (Å²) in [6.07, 6.45) is 0. The third-order valence-electron chi connectivity index (χ3n) is 4.58. The molecule has 1 N–H and O–H groups in total. The van der Waals surface area contributed by atoms with Crippen molar-refractivity contribution in [2.75, 3.05) is 43.5 Å². The van der Waals surface area contributed by atoms with E-state index in [4.69, 9.17) is 16.3 Å². The van der Waals surface area contributed by atoms with Gasteiger partial charge in [0.25, 0.3) is 0 Å². The fourth-order valence-electron chi connectivity index (χ4n) is 2.99. The standard InChI is InChI=1S/C20H22ClN3O3/c1-14-3-6-16(7-4-14)22-20(26)24-11-9-23(10-12-24)18-13-15(19(25)27-2)5-8-17(18)21/h3-8,13H,9-12H2,1-2H3,(H,22,26). The van der Waals surface area contributed by atoms with Crippen LogP contribution in [0.5, 0.6) is 0 Å². The summed E-state index contributed by atoms with van der Waals surface area (Å²) in [4.78, 5) is 28.1. The maximum absolute atomic E-state index is 12.5. The zero-order chi connectivity index (χ0) is 19.4. The van der Waals surface area contributed by atoms with Gasteiger partial charge in [-0.25, -0.2) is 9.59 Å². The molecule has 0 atom stereocenters. The van der Waals surface area contributed by atoms with Crippen molar-refractivity contribution in [3.8, 4) is 0 Å². The number of urea groups is 1. The molecule has 0 aromatic heterocycles. The Hall–Kier alpha value is -2.73. The molecule has 142 valence electrons. The molecule has 6 nitrogen and oxygen atoms in total. The van der Waals surface area contributed by atoms with Crippen LogP contribution in [-0.2, 0) is 4.74 Å². The van der Waals surface area contributed by atoms with Crippen molar-refractivity contribution in [3.63, 3.8) is 0 Å². The van der Waals surface area contributed by atoms with E-state index in [0.717, 1.165) is 16.9 Å². The van der Waals surface area contributed by atoms with Crippen molar-refractivity contribution in [2.24, 2.45) is 0 Å². The summed E-state index contributed by atoms with van der Waals surface area (Å²) in [5.41, 5.74) is 3.16. The molecule has 1 fully saturated rings. The minimum atomic E-state index is -0.399. The van der Waals surface area contributed by atoms with Gasteiger partial charge in [0.05, 0.1) is 23.4 Å². The Morgan fingerprint density at radius 3 is 2.33 bits per heavy atom. The first-order valence-corrected chi connectivity index (χ1v) is 9.11. The van der Waals surface area contributed by atoms with Crippen molar-refractivity contribution < 1.29 is 14.3 Å². The molecule has 1 aliphatic heterocycles. The van der Waals surface area contributed by atoms with Gasteiger partial charge in [-0.2, -0.15) is 0 Å². The van der Waals surface area contributed by atoms with E-state index in [1.54, 1.807) is 23.1 Å². The molecule has 0 radical (unpaired) electrons. The topological polar surface area (TPSA) is 61.9 Å². The molecule has 0 saturated carbocycles. The minimum Gasteiger partial charge on any atom is -0.465 e. The van der Waals surface area contributed by atoms with Crippen LogP contribution < -0.4 is 10.2 Å². The molecular weight excluding hydrogens is 366 g/mol. The Balaban J connectivity index is 1.62.